The number of hydrogen-bond acceptors (Lipinski definition) is 4. The average Bonchev–Trinajstić information content (AvgIpc) is 2.53. The van der Waals surface area contributed by atoms with Crippen LogP contribution in [0.2, 0.25) is 0 Å². The van der Waals surface area contributed by atoms with Crippen molar-refractivity contribution < 1.29 is 19.7 Å². The third kappa shape index (κ3) is 2.79. The molecule has 24 heavy (non-hydrogen) atoms. The second-order valence-electron chi connectivity index (χ2n) is 8.69. The van der Waals surface area contributed by atoms with E-state index in [9.17, 15) is 9.90 Å². The van der Waals surface area contributed by atoms with Gasteiger partial charge in [-0.05, 0) is 48.5 Å². The largest absolute Gasteiger partial charge is 0.393 e. The zero-order valence-corrected chi connectivity index (χ0v) is 15.1. The lowest BCUT2D eigenvalue weighted by Gasteiger charge is -2.59. The molecule has 2 fully saturated rings. The van der Waals surface area contributed by atoms with E-state index in [0.29, 0.717) is 16.9 Å². The van der Waals surface area contributed by atoms with Crippen LogP contribution in [0.4, 0.5) is 0 Å². The van der Waals surface area contributed by atoms with Crippen LogP contribution in [-0.4, -0.2) is 30.2 Å². The van der Waals surface area contributed by atoms with Gasteiger partial charge in [-0.25, -0.2) is 9.78 Å². The Balaban J connectivity index is 1.96. The van der Waals surface area contributed by atoms with Gasteiger partial charge in [0.1, 0.15) is 18.5 Å². The highest BCUT2D eigenvalue weighted by Gasteiger charge is 2.55. The molecule has 0 spiro atoms. The summed E-state index contributed by atoms with van der Waals surface area (Å²) in [5.41, 5.74) is 2.08. The van der Waals surface area contributed by atoms with E-state index in [4.69, 9.17) is 9.78 Å². The number of aliphatic hydroxyl groups excluding tert-OH is 1. The van der Waals surface area contributed by atoms with Crippen molar-refractivity contribution in [2.75, 3.05) is 6.61 Å². The summed E-state index contributed by atoms with van der Waals surface area (Å²) >= 11 is 0. The summed E-state index contributed by atoms with van der Waals surface area (Å²) in [6.07, 6.45) is 7.44. The molecule has 0 amide bonds. The van der Waals surface area contributed by atoms with Gasteiger partial charge in [-0.15, -0.1) is 0 Å². The number of carbonyl (C=O) groups is 1. The quantitative estimate of drug-likeness (QED) is 0.487. The molecular weight excluding hydrogens is 304 g/mol. The number of rotatable bonds is 3. The van der Waals surface area contributed by atoms with Gasteiger partial charge in [0.05, 0.1) is 6.61 Å². The summed E-state index contributed by atoms with van der Waals surface area (Å²) in [7, 11) is 0. The highest BCUT2D eigenvalue weighted by atomic mass is 17.2. The second-order valence-corrected chi connectivity index (χ2v) is 8.69. The molecule has 1 heterocycles. The van der Waals surface area contributed by atoms with Gasteiger partial charge in [0.25, 0.3) is 0 Å². The monoisotopic (exact) mass is 334 g/mol. The topological polar surface area (TPSA) is 55.8 Å². The van der Waals surface area contributed by atoms with Crippen LogP contribution in [0.25, 0.3) is 0 Å². The first kappa shape index (κ1) is 17.8. The SMILES string of the molecule is C=C1CC[C@H]2C(C)(C)CCC[C@]2(C)[C@H]1C1C=C(C=O)C(CO)OO1. The van der Waals surface area contributed by atoms with Crippen molar-refractivity contribution in [1.82, 2.24) is 0 Å². The molecule has 0 aromatic rings. The van der Waals surface area contributed by atoms with Crippen LogP contribution < -0.4 is 0 Å². The van der Waals surface area contributed by atoms with E-state index >= 15 is 0 Å². The standard InChI is InChI=1S/C20H30O4/c1-13-6-7-17-19(2,3)8-5-9-20(17,4)18(13)15-10-14(11-21)16(12-22)24-23-15/h10-11,15-18,22H,1,5-9,12H2,2-4H3/t15?,16?,17-,18+,20-/m0/s1. The molecule has 1 N–H and O–H groups in total. The van der Waals surface area contributed by atoms with Crippen molar-refractivity contribution in [3.8, 4) is 0 Å². The van der Waals surface area contributed by atoms with Crippen molar-refractivity contribution >= 4 is 6.29 Å². The zero-order valence-electron chi connectivity index (χ0n) is 15.1. The van der Waals surface area contributed by atoms with Crippen LogP contribution >= 0.6 is 0 Å². The lowest BCUT2D eigenvalue weighted by atomic mass is 9.47. The highest BCUT2D eigenvalue weighted by Crippen LogP contribution is 2.62. The number of fused-ring (bicyclic) bond motifs is 1. The van der Waals surface area contributed by atoms with Crippen LogP contribution in [0, 0.1) is 22.7 Å². The van der Waals surface area contributed by atoms with E-state index in [1.807, 2.05) is 6.08 Å². The van der Waals surface area contributed by atoms with E-state index in [1.54, 1.807) is 0 Å². The van der Waals surface area contributed by atoms with E-state index in [2.05, 4.69) is 27.4 Å². The number of aldehydes is 1. The first-order valence-electron chi connectivity index (χ1n) is 9.11. The predicted octanol–water partition coefficient (Wildman–Crippen LogP) is 3.60. The minimum absolute atomic E-state index is 0.0989. The smallest absolute Gasteiger partial charge is 0.148 e. The Morgan fingerprint density at radius 2 is 2.08 bits per heavy atom. The Morgan fingerprint density at radius 1 is 1.33 bits per heavy atom. The molecule has 3 rings (SSSR count). The van der Waals surface area contributed by atoms with Crippen molar-refractivity contribution in [3.63, 3.8) is 0 Å². The molecule has 134 valence electrons. The average molecular weight is 334 g/mol. The number of carbonyl (C=O) groups excluding carboxylic acids is 1. The molecule has 0 bridgehead atoms. The van der Waals surface area contributed by atoms with Gasteiger partial charge in [0.2, 0.25) is 0 Å². The van der Waals surface area contributed by atoms with Crippen LogP contribution in [0.5, 0.6) is 0 Å². The molecule has 0 radical (unpaired) electrons. The van der Waals surface area contributed by atoms with Crippen molar-refractivity contribution in [2.24, 2.45) is 22.7 Å². The normalized spacial score (nSPS) is 42.2. The molecule has 3 aliphatic rings. The maximum atomic E-state index is 11.4. The Labute approximate surface area is 144 Å². The Bertz CT molecular complexity index is 550. The molecule has 0 aromatic carbocycles. The van der Waals surface area contributed by atoms with Crippen LogP contribution in [-0.2, 0) is 14.6 Å². The summed E-state index contributed by atoms with van der Waals surface area (Å²) in [5, 5.41) is 9.33. The Kier molecular flexibility index (Phi) is 4.75. The van der Waals surface area contributed by atoms with Crippen molar-refractivity contribution in [2.45, 2.75) is 65.1 Å². The minimum atomic E-state index is -0.679. The zero-order chi connectivity index (χ0) is 17.5. The minimum Gasteiger partial charge on any atom is -0.393 e. The molecule has 4 heteroatoms. The van der Waals surface area contributed by atoms with Gasteiger partial charge < -0.3 is 5.11 Å². The molecule has 2 unspecified atom stereocenters. The maximum absolute atomic E-state index is 11.4. The highest BCUT2D eigenvalue weighted by molar-refractivity contribution is 5.75. The number of aliphatic hydroxyl groups is 1. The Morgan fingerprint density at radius 3 is 2.75 bits per heavy atom. The van der Waals surface area contributed by atoms with E-state index in [0.717, 1.165) is 19.1 Å². The summed E-state index contributed by atoms with van der Waals surface area (Å²) in [4.78, 5) is 22.3. The third-order valence-electron chi connectivity index (χ3n) is 6.82. The first-order chi connectivity index (χ1) is 11.3. The Hall–Kier alpha value is -0.970. The molecule has 1 aliphatic heterocycles. The molecule has 4 nitrogen and oxygen atoms in total. The van der Waals surface area contributed by atoms with Gasteiger partial charge in [0, 0.05) is 11.5 Å². The van der Waals surface area contributed by atoms with Crippen molar-refractivity contribution in [3.05, 3.63) is 23.8 Å². The lowest BCUT2D eigenvalue weighted by molar-refractivity contribution is -0.358. The summed E-state index contributed by atoms with van der Waals surface area (Å²) in [6, 6.07) is 0. The second kappa shape index (κ2) is 6.40. The fourth-order valence-electron chi connectivity index (χ4n) is 5.73. The first-order valence-corrected chi connectivity index (χ1v) is 9.11. The molecule has 5 atom stereocenters. The maximum Gasteiger partial charge on any atom is 0.148 e. The molecular formula is C20H30O4. The fourth-order valence-corrected chi connectivity index (χ4v) is 5.73. The van der Waals surface area contributed by atoms with Gasteiger partial charge in [-0.3, -0.25) is 4.79 Å². The van der Waals surface area contributed by atoms with E-state index in [-0.39, 0.29) is 24.0 Å². The third-order valence-corrected chi connectivity index (χ3v) is 6.82. The van der Waals surface area contributed by atoms with Gasteiger partial charge in [-0.1, -0.05) is 39.3 Å². The summed E-state index contributed by atoms with van der Waals surface area (Å²) in [6.45, 7) is 11.2. The molecule has 0 saturated heterocycles. The van der Waals surface area contributed by atoms with E-state index in [1.165, 1.54) is 24.8 Å². The van der Waals surface area contributed by atoms with Crippen LogP contribution in [0.15, 0.2) is 23.8 Å². The van der Waals surface area contributed by atoms with Gasteiger partial charge in [-0.2, -0.15) is 0 Å². The predicted molar refractivity (Wildman–Crippen MR) is 92.1 cm³/mol. The molecule has 2 saturated carbocycles. The van der Waals surface area contributed by atoms with Crippen LogP contribution in [0.1, 0.15) is 52.9 Å². The summed E-state index contributed by atoms with van der Waals surface area (Å²) < 4.78 is 0. The summed E-state index contributed by atoms with van der Waals surface area (Å²) in [5.74, 6) is 0.756. The van der Waals surface area contributed by atoms with Gasteiger partial charge >= 0.3 is 0 Å². The fraction of sp³-hybridized carbons (Fsp3) is 0.750. The van der Waals surface area contributed by atoms with E-state index < -0.39 is 6.10 Å². The molecule has 2 aliphatic carbocycles. The molecule has 0 aromatic heterocycles. The number of hydrogen-bond donors (Lipinski definition) is 1. The van der Waals surface area contributed by atoms with Crippen molar-refractivity contribution in [1.29, 1.82) is 0 Å². The van der Waals surface area contributed by atoms with Gasteiger partial charge in [0.15, 0.2) is 0 Å². The van der Waals surface area contributed by atoms with Crippen LogP contribution in [0.3, 0.4) is 0 Å². The lowest BCUT2D eigenvalue weighted by Crippen LogP contribution is -2.53.